The summed E-state index contributed by atoms with van der Waals surface area (Å²) in [6, 6.07) is 1.96. The molecule has 1 aromatic heterocycles. The molecule has 2 aliphatic rings. The maximum Gasteiger partial charge on any atom is 0.222 e. The van der Waals surface area contributed by atoms with Crippen LogP contribution in [0.2, 0.25) is 0 Å². The molecule has 126 valence electrons. The number of nitrogens with zero attached hydrogens (tertiary/aromatic N) is 3. The van der Waals surface area contributed by atoms with E-state index < -0.39 is 0 Å². The highest BCUT2D eigenvalue weighted by molar-refractivity contribution is 5.76. The van der Waals surface area contributed by atoms with Crippen molar-refractivity contribution in [3.8, 4) is 0 Å². The lowest BCUT2D eigenvalue weighted by Crippen LogP contribution is -2.42. The van der Waals surface area contributed by atoms with Crippen LogP contribution < -0.4 is 0 Å². The molecule has 2 fully saturated rings. The Morgan fingerprint density at radius 1 is 1.30 bits per heavy atom. The highest BCUT2D eigenvalue weighted by Crippen LogP contribution is 2.29. The van der Waals surface area contributed by atoms with Crippen LogP contribution in [-0.2, 0) is 9.53 Å². The average molecular weight is 317 g/mol. The van der Waals surface area contributed by atoms with Gasteiger partial charge in [-0.3, -0.25) is 4.79 Å². The molecule has 1 aliphatic carbocycles. The van der Waals surface area contributed by atoms with Crippen molar-refractivity contribution < 1.29 is 9.53 Å². The average Bonchev–Trinajstić information content (AvgIpc) is 3.05. The Morgan fingerprint density at radius 2 is 2.09 bits per heavy atom. The van der Waals surface area contributed by atoms with Crippen LogP contribution in [0.4, 0.5) is 0 Å². The van der Waals surface area contributed by atoms with Crippen molar-refractivity contribution in [3.05, 3.63) is 23.3 Å². The first-order valence-corrected chi connectivity index (χ1v) is 8.83. The van der Waals surface area contributed by atoms with Gasteiger partial charge in [-0.05, 0) is 32.3 Å². The van der Waals surface area contributed by atoms with E-state index in [1.54, 1.807) is 0 Å². The fourth-order valence-electron chi connectivity index (χ4n) is 3.75. The zero-order chi connectivity index (χ0) is 16.2. The monoisotopic (exact) mass is 317 g/mol. The molecule has 1 aromatic rings. The van der Waals surface area contributed by atoms with Gasteiger partial charge in [0.2, 0.25) is 5.91 Å². The van der Waals surface area contributed by atoms with Gasteiger partial charge in [0, 0.05) is 18.7 Å². The van der Waals surface area contributed by atoms with Crippen LogP contribution in [0.3, 0.4) is 0 Å². The summed E-state index contributed by atoms with van der Waals surface area (Å²) >= 11 is 0. The van der Waals surface area contributed by atoms with E-state index in [9.17, 15) is 4.79 Å². The Bertz CT molecular complexity index is 535. The number of aromatic nitrogens is 2. The predicted octanol–water partition coefficient (Wildman–Crippen LogP) is 2.96. The van der Waals surface area contributed by atoms with Crippen LogP contribution in [-0.4, -0.2) is 40.5 Å². The quantitative estimate of drug-likeness (QED) is 0.857. The van der Waals surface area contributed by atoms with Crippen molar-refractivity contribution in [3.63, 3.8) is 0 Å². The van der Waals surface area contributed by atoms with Crippen molar-refractivity contribution >= 4 is 5.91 Å². The van der Waals surface area contributed by atoms with Gasteiger partial charge < -0.3 is 9.64 Å². The van der Waals surface area contributed by atoms with Crippen molar-refractivity contribution in [1.29, 1.82) is 0 Å². The number of hydrogen-bond donors (Lipinski definition) is 0. The van der Waals surface area contributed by atoms with E-state index in [-0.39, 0.29) is 12.0 Å². The summed E-state index contributed by atoms with van der Waals surface area (Å²) in [6.07, 6.45) is 6.89. The SMILES string of the molecule is Cc1cc([C@@H]2CN(C(=O)CCC3CCCC3)CCO2)nc(C)n1. The number of carbonyl (C=O) groups is 1. The molecular weight excluding hydrogens is 290 g/mol. The minimum absolute atomic E-state index is 0.125. The molecular formula is C18H27N3O2. The number of hydrogen-bond acceptors (Lipinski definition) is 4. The number of ether oxygens (including phenoxy) is 1. The van der Waals surface area contributed by atoms with Gasteiger partial charge in [0.25, 0.3) is 0 Å². The third kappa shape index (κ3) is 4.28. The Morgan fingerprint density at radius 3 is 2.83 bits per heavy atom. The molecule has 1 saturated heterocycles. The highest BCUT2D eigenvalue weighted by atomic mass is 16.5. The van der Waals surface area contributed by atoms with Gasteiger partial charge in [-0.25, -0.2) is 9.97 Å². The van der Waals surface area contributed by atoms with Gasteiger partial charge in [-0.15, -0.1) is 0 Å². The smallest absolute Gasteiger partial charge is 0.222 e. The number of aryl methyl sites for hydroxylation is 2. The lowest BCUT2D eigenvalue weighted by atomic mass is 10.0. The third-order valence-corrected chi connectivity index (χ3v) is 4.98. The van der Waals surface area contributed by atoms with Gasteiger partial charge in [0.1, 0.15) is 11.9 Å². The largest absolute Gasteiger partial charge is 0.368 e. The fraction of sp³-hybridized carbons (Fsp3) is 0.722. The topological polar surface area (TPSA) is 55.3 Å². The van der Waals surface area contributed by atoms with Gasteiger partial charge in [0.05, 0.1) is 18.8 Å². The summed E-state index contributed by atoms with van der Waals surface area (Å²) < 4.78 is 5.85. The van der Waals surface area contributed by atoms with E-state index in [2.05, 4.69) is 9.97 Å². The van der Waals surface area contributed by atoms with Gasteiger partial charge in [-0.2, -0.15) is 0 Å². The van der Waals surface area contributed by atoms with Crippen LogP contribution in [0.1, 0.15) is 61.8 Å². The molecule has 5 heteroatoms. The van der Waals surface area contributed by atoms with E-state index in [0.29, 0.717) is 26.1 Å². The molecule has 1 saturated carbocycles. The number of carbonyl (C=O) groups excluding carboxylic acids is 1. The second-order valence-corrected chi connectivity index (χ2v) is 6.87. The van der Waals surface area contributed by atoms with Crippen LogP contribution in [0, 0.1) is 19.8 Å². The highest BCUT2D eigenvalue weighted by Gasteiger charge is 2.27. The van der Waals surface area contributed by atoms with Crippen LogP contribution in [0.25, 0.3) is 0 Å². The molecule has 0 bridgehead atoms. The summed E-state index contributed by atoms with van der Waals surface area (Å²) in [5, 5.41) is 0. The first-order valence-electron chi connectivity index (χ1n) is 8.83. The number of rotatable bonds is 4. The zero-order valence-corrected chi connectivity index (χ0v) is 14.3. The van der Waals surface area contributed by atoms with E-state index in [1.165, 1.54) is 25.7 Å². The molecule has 1 atom stereocenters. The predicted molar refractivity (Wildman–Crippen MR) is 88.0 cm³/mol. The van der Waals surface area contributed by atoms with Gasteiger partial charge in [-0.1, -0.05) is 25.7 Å². The van der Waals surface area contributed by atoms with E-state index in [4.69, 9.17) is 4.74 Å². The summed E-state index contributed by atoms with van der Waals surface area (Å²) in [4.78, 5) is 23.3. The van der Waals surface area contributed by atoms with E-state index in [1.807, 2.05) is 24.8 Å². The van der Waals surface area contributed by atoms with Crippen molar-refractivity contribution in [2.24, 2.45) is 5.92 Å². The Labute approximate surface area is 138 Å². The summed E-state index contributed by atoms with van der Waals surface area (Å²) in [6.45, 7) is 5.75. The van der Waals surface area contributed by atoms with Crippen molar-refractivity contribution in [2.75, 3.05) is 19.7 Å². The summed E-state index contributed by atoms with van der Waals surface area (Å²) in [7, 11) is 0. The lowest BCUT2D eigenvalue weighted by molar-refractivity contribution is -0.139. The molecule has 23 heavy (non-hydrogen) atoms. The van der Waals surface area contributed by atoms with Crippen LogP contribution in [0.15, 0.2) is 6.07 Å². The second-order valence-electron chi connectivity index (χ2n) is 6.87. The maximum absolute atomic E-state index is 12.5. The van der Waals surface area contributed by atoms with Crippen molar-refractivity contribution in [2.45, 2.75) is 58.5 Å². The van der Waals surface area contributed by atoms with Gasteiger partial charge >= 0.3 is 0 Å². The minimum Gasteiger partial charge on any atom is -0.368 e. The van der Waals surface area contributed by atoms with E-state index >= 15 is 0 Å². The first-order chi connectivity index (χ1) is 11.1. The summed E-state index contributed by atoms with van der Waals surface area (Å²) in [5.41, 5.74) is 1.84. The Balaban J connectivity index is 1.57. The molecule has 1 aliphatic heterocycles. The minimum atomic E-state index is -0.125. The normalized spacial score (nSPS) is 22.5. The molecule has 0 radical (unpaired) electrons. The third-order valence-electron chi connectivity index (χ3n) is 4.98. The Hall–Kier alpha value is -1.49. The van der Waals surface area contributed by atoms with Crippen LogP contribution in [0.5, 0.6) is 0 Å². The molecule has 3 rings (SSSR count). The molecule has 2 heterocycles. The molecule has 0 aromatic carbocycles. The Kier molecular flexibility index (Phi) is 5.26. The summed E-state index contributed by atoms with van der Waals surface area (Å²) in [5.74, 6) is 1.80. The molecule has 1 amide bonds. The maximum atomic E-state index is 12.5. The van der Waals surface area contributed by atoms with Crippen LogP contribution >= 0.6 is 0 Å². The second kappa shape index (κ2) is 7.39. The molecule has 0 spiro atoms. The standard InChI is InChI=1S/C18H27N3O2/c1-13-11-16(20-14(2)19-13)17-12-21(9-10-23-17)18(22)8-7-15-5-3-4-6-15/h11,15,17H,3-10,12H2,1-2H3/t17-/m0/s1. The lowest BCUT2D eigenvalue weighted by Gasteiger charge is -2.33. The number of amides is 1. The van der Waals surface area contributed by atoms with E-state index in [0.717, 1.165) is 29.6 Å². The molecule has 5 nitrogen and oxygen atoms in total. The zero-order valence-electron chi connectivity index (χ0n) is 14.3. The van der Waals surface area contributed by atoms with Crippen molar-refractivity contribution in [1.82, 2.24) is 14.9 Å². The van der Waals surface area contributed by atoms with Gasteiger partial charge in [0.15, 0.2) is 0 Å². The molecule has 0 N–H and O–H groups in total. The number of morpholine rings is 1. The fourth-order valence-corrected chi connectivity index (χ4v) is 3.75. The first kappa shape index (κ1) is 16.4. The molecule has 0 unspecified atom stereocenters.